The molecule has 88 valence electrons. The van der Waals surface area contributed by atoms with E-state index in [2.05, 4.69) is 4.98 Å². The molecule has 0 amide bonds. The lowest BCUT2D eigenvalue weighted by Crippen LogP contribution is -1.86. The highest BCUT2D eigenvalue weighted by Gasteiger charge is 2.01. The summed E-state index contributed by atoms with van der Waals surface area (Å²) in [6, 6.07) is 17.8. The van der Waals surface area contributed by atoms with E-state index in [1.165, 1.54) is 0 Å². The van der Waals surface area contributed by atoms with E-state index in [1.807, 2.05) is 54.6 Å². The van der Waals surface area contributed by atoms with Crippen LogP contribution in [-0.4, -0.2) is 4.98 Å². The standard InChI is InChI=1S/C15H10ClNS/c16-11-7-5-10(6-8-11)14-9-15(18)12-3-1-2-4-13(12)17-14/h1-9H,(H,17,18). The minimum Gasteiger partial charge on any atom is -0.354 e. The molecule has 0 fully saturated rings. The number of hydrogen-bond donors (Lipinski definition) is 1. The average molecular weight is 272 g/mol. The fourth-order valence-corrected chi connectivity index (χ4v) is 2.40. The van der Waals surface area contributed by atoms with Crippen molar-refractivity contribution in [1.82, 2.24) is 4.98 Å². The first kappa shape index (κ1) is 11.5. The maximum atomic E-state index is 5.89. The molecule has 3 aromatic rings. The molecule has 1 heterocycles. The van der Waals surface area contributed by atoms with E-state index in [9.17, 15) is 0 Å². The number of halogens is 1. The molecule has 0 spiro atoms. The zero-order valence-corrected chi connectivity index (χ0v) is 11.1. The number of aromatic amines is 1. The number of hydrogen-bond acceptors (Lipinski definition) is 1. The van der Waals surface area contributed by atoms with Crippen LogP contribution in [0.1, 0.15) is 0 Å². The van der Waals surface area contributed by atoms with Gasteiger partial charge < -0.3 is 4.98 Å². The maximum Gasteiger partial charge on any atom is 0.0491 e. The fraction of sp³-hybridized carbons (Fsp3) is 0. The highest BCUT2D eigenvalue weighted by atomic mass is 35.5. The zero-order chi connectivity index (χ0) is 12.5. The first-order valence-corrected chi connectivity index (χ1v) is 6.41. The van der Waals surface area contributed by atoms with Gasteiger partial charge in [0.15, 0.2) is 0 Å². The Bertz CT molecular complexity index is 759. The summed E-state index contributed by atoms with van der Waals surface area (Å²) in [6.07, 6.45) is 0. The third kappa shape index (κ3) is 2.05. The van der Waals surface area contributed by atoms with Crippen molar-refractivity contribution in [2.24, 2.45) is 0 Å². The lowest BCUT2D eigenvalue weighted by atomic mass is 10.1. The number of rotatable bonds is 1. The lowest BCUT2D eigenvalue weighted by Gasteiger charge is -2.05. The predicted molar refractivity (Wildman–Crippen MR) is 79.6 cm³/mol. The highest BCUT2D eigenvalue weighted by Crippen LogP contribution is 2.23. The van der Waals surface area contributed by atoms with Crippen molar-refractivity contribution in [3.8, 4) is 11.3 Å². The van der Waals surface area contributed by atoms with E-state index >= 15 is 0 Å². The minimum absolute atomic E-state index is 0.734. The molecule has 0 radical (unpaired) electrons. The molecule has 18 heavy (non-hydrogen) atoms. The van der Waals surface area contributed by atoms with Crippen LogP contribution in [0.4, 0.5) is 0 Å². The number of nitrogens with one attached hydrogen (secondary N) is 1. The largest absolute Gasteiger partial charge is 0.354 e. The molecule has 0 unspecified atom stereocenters. The third-order valence-corrected chi connectivity index (χ3v) is 3.48. The molecule has 0 atom stereocenters. The van der Waals surface area contributed by atoms with Gasteiger partial charge in [0.25, 0.3) is 0 Å². The van der Waals surface area contributed by atoms with E-state index in [1.54, 1.807) is 0 Å². The van der Waals surface area contributed by atoms with Gasteiger partial charge in [-0.25, -0.2) is 0 Å². The molecule has 1 nitrogen and oxygen atoms in total. The summed E-state index contributed by atoms with van der Waals surface area (Å²) < 4.78 is 0.856. The van der Waals surface area contributed by atoms with Gasteiger partial charge in [-0.2, -0.15) is 0 Å². The summed E-state index contributed by atoms with van der Waals surface area (Å²) in [7, 11) is 0. The Morgan fingerprint density at radius 1 is 0.944 bits per heavy atom. The van der Waals surface area contributed by atoms with Crippen LogP contribution in [0.25, 0.3) is 22.2 Å². The first-order valence-electron chi connectivity index (χ1n) is 5.62. The first-order chi connectivity index (χ1) is 8.74. The summed E-state index contributed by atoms with van der Waals surface area (Å²) >= 11 is 11.3. The summed E-state index contributed by atoms with van der Waals surface area (Å²) in [5, 5.41) is 1.81. The molecular formula is C15H10ClNS. The van der Waals surface area contributed by atoms with Gasteiger partial charge in [-0.3, -0.25) is 0 Å². The number of H-pyrrole nitrogens is 1. The van der Waals surface area contributed by atoms with Crippen molar-refractivity contribution < 1.29 is 0 Å². The molecule has 3 rings (SSSR count). The van der Waals surface area contributed by atoms with Crippen LogP contribution in [0.3, 0.4) is 0 Å². The van der Waals surface area contributed by atoms with E-state index in [0.29, 0.717) is 0 Å². The van der Waals surface area contributed by atoms with Crippen LogP contribution >= 0.6 is 23.8 Å². The van der Waals surface area contributed by atoms with Gasteiger partial charge in [0, 0.05) is 26.1 Å². The second kappa shape index (κ2) is 4.56. The number of aromatic nitrogens is 1. The summed E-state index contributed by atoms with van der Waals surface area (Å²) in [5.41, 5.74) is 3.14. The molecule has 0 aliphatic carbocycles. The van der Waals surface area contributed by atoms with Crippen molar-refractivity contribution in [3.05, 3.63) is 64.1 Å². The van der Waals surface area contributed by atoms with Crippen molar-refractivity contribution in [3.63, 3.8) is 0 Å². The quantitative estimate of drug-likeness (QED) is 0.600. The number of para-hydroxylation sites is 1. The highest BCUT2D eigenvalue weighted by molar-refractivity contribution is 7.71. The van der Waals surface area contributed by atoms with Crippen molar-refractivity contribution in [1.29, 1.82) is 0 Å². The molecule has 1 N–H and O–H groups in total. The second-order valence-corrected chi connectivity index (χ2v) is 4.98. The van der Waals surface area contributed by atoms with Crippen LogP contribution in [-0.2, 0) is 0 Å². The van der Waals surface area contributed by atoms with Gasteiger partial charge >= 0.3 is 0 Å². The lowest BCUT2D eigenvalue weighted by molar-refractivity contribution is 1.39. The van der Waals surface area contributed by atoms with E-state index in [-0.39, 0.29) is 0 Å². The zero-order valence-electron chi connectivity index (χ0n) is 9.48. The molecule has 0 aliphatic rings. The van der Waals surface area contributed by atoms with Gasteiger partial charge in [-0.1, -0.05) is 54.2 Å². The van der Waals surface area contributed by atoms with Crippen LogP contribution in [0, 0.1) is 4.51 Å². The van der Waals surface area contributed by atoms with Crippen LogP contribution in [0.2, 0.25) is 5.02 Å². The van der Waals surface area contributed by atoms with Gasteiger partial charge in [0.05, 0.1) is 0 Å². The molecule has 1 aromatic heterocycles. The van der Waals surface area contributed by atoms with Crippen LogP contribution in [0.15, 0.2) is 54.6 Å². The van der Waals surface area contributed by atoms with Gasteiger partial charge in [-0.15, -0.1) is 0 Å². The van der Waals surface area contributed by atoms with Gasteiger partial charge in [0.2, 0.25) is 0 Å². The molecular weight excluding hydrogens is 262 g/mol. The smallest absolute Gasteiger partial charge is 0.0491 e. The Labute approximate surface area is 115 Å². The summed E-state index contributed by atoms with van der Waals surface area (Å²) in [4.78, 5) is 3.39. The maximum absolute atomic E-state index is 5.89. The van der Waals surface area contributed by atoms with Crippen LogP contribution < -0.4 is 0 Å². The van der Waals surface area contributed by atoms with Gasteiger partial charge in [-0.05, 0) is 29.8 Å². The number of pyridine rings is 1. The molecule has 0 bridgehead atoms. The summed E-state index contributed by atoms with van der Waals surface area (Å²) in [6.45, 7) is 0. The van der Waals surface area contributed by atoms with Crippen molar-refractivity contribution in [2.45, 2.75) is 0 Å². The summed E-state index contributed by atoms with van der Waals surface area (Å²) in [5.74, 6) is 0. The minimum atomic E-state index is 0.734. The topological polar surface area (TPSA) is 15.8 Å². The van der Waals surface area contributed by atoms with Crippen LogP contribution in [0.5, 0.6) is 0 Å². The molecule has 3 heteroatoms. The molecule has 0 saturated heterocycles. The Kier molecular flexibility index (Phi) is 2.90. The number of benzene rings is 2. The molecule has 0 aliphatic heterocycles. The van der Waals surface area contributed by atoms with E-state index in [0.717, 1.165) is 31.7 Å². The van der Waals surface area contributed by atoms with Crippen molar-refractivity contribution in [2.75, 3.05) is 0 Å². The SMILES string of the molecule is S=c1cc(-c2ccc(Cl)cc2)[nH]c2ccccc12. The normalized spacial score (nSPS) is 10.7. The fourth-order valence-electron chi connectivity index (χ4n) is 1.98. The van der Waals surface area contributed by atoms with Gasteiger partial charge in [0.1, 0.15) is 0 Å². The van der Waals surface area contributed by atoms with E-state index in [4.69, 9.17) is 23.8 Å². The predicted octanol–water partition coefficient (Wildman–Crippen LogP) is 5.22. The molecule has 0 saturated carbocycles. The monoisotopic (exact) mass is 271 g/mol. The Balaban J connectivity index is 2.24. The second-order valence-electron chi connectivity index (χ2n) is 4.10. The van der Waals surface area contributed by atoms with Crippen molar-refractivity contribution >= 4 is 34.7 Å². The Hall–Kier alpha value is -1.64. The average Bonchev–Trinajstić information content (AvgIpc) is 2.39. The Morgan fingerprint density at radius 2 is 1.67 bits per heavy atom. The molecule has 2 aromatic carbocycles. The third-order valence-electron chi connectivity index (χ3n) is 2.89. The Morgan fingerprint density at radius 3 is 2.44 bits per heavy atom. The van der Waals surface area contributed by atoms with E-state index < -0.39 is 0 Å². The number of fused-ring (bicyclic) bond motifs is 1.